The Hall–Kier alpha value is -3.13. The van der Waals surface area contributed by atoms with Gasteiger partial charge in [-0.2, -0.15) is 0 Å². The number of anilines is 1. The molecule has 4 aromatic rings. The largest absolute Gasteiger partial charge is 0.497 e. The molecule has 27 heavy (non-hydrogen) atoms. The molecule has 7 nitrogen and oxygen atoms in total. The van der Waals surface area contributed by atoms with Gasteiger partial charge in [0.25, 0.3) is 0 Å². The van der Waals surface area contributed by atoms with Gasteiger partial charge in [-0.3, -0.25) is 4.79 Å². The van der Waals surface area contributed by atoms with Crippen LogP contribution < -0.4 is 10.1 Å². The second kappa shape index (κ2) is 7.63. The van der Waals surface area contributed by atoms with Crippen molar-refractivity contribution in [3.05, 3.63) is 48.5 Å². The van der Waals surface area contributed by atoms with Crippen molar-refractivity contribution in [1.29, 1.82) is 0 Å². The number of carbonyl (C=O) groups is 1. The molecule has 1 amide bonds. The first-order chi connectivity index (χ1) is 13.2. The van der Waals surface area contributed by atoms with Crippen molar-refractivity contribution in [3.8, 4) is 5.75 Å². The van der Waals surface area contributed by atoms with Gasteiger partial charge in [0, 0.05) is 34.8 Å². The Labute approximate surface area is 159 Å². The van der Waals surface area contributed by atoms with Crippen molar-refractivity contribution in [1.82, 2.24) is 20.2 Å². The second-order valence-corrected chi connectivity index (χ2v) is 6.90. The highest BCUT2D eigenvalue weighted by Gasteiger charge is 2.10. The Kier molecular flexibility index (Phi) is 4.88. The summed E-state index contributed by atoms with van der Waals surface area (Å²) >= 11 is 1.40. The van der Waals surface area contributed by atoms with E-state index in [-0.39, 0.29) is 5.91 Å². The molecule has 0 spiro atoms. The van der Waals surface area contributed by atoms with Crippen LogP contribution >= 0.6 is 11.8 Å². The highest BCUT2D eigenvalue weighted by molar-refractivity contribution is 7.99. The maximum atomic E-state index is 12.1. The standard InChI is InChI=1S/C19H17N5O2S/c1-26-13-6-4-5-12(11-13)20-16(25)9-10-27-19-22-18-17(23-24-19)14-7-2-3-8-15(14)21-18/h2-8,11H,9-10H2,1H3,(H,20,25)(H,21,22,24). The van der Waals surface area contributed by atoms with Crippen LogP contribution in [0.25, 0.3) is 22.1 Å². The average molecular weight is 379 g/mol. The van der Waals surface area contributed by atoms with Crippen LogP contribution in [0.1, 0.15) is 6.42 Å². The molecular weight excluding hydrogens is 362 g/mol. The number of amides is 1. The van der Waals surface area contributed by atoms with Gasteiger partial charge in [0.1, 0.15) is 11.3 Å². The summed E-state index contributed by atoms with van der Waals surface area (Å²) in [6, 6.07) is 15.2. The number of fused-ring (bicyclic) bond motifs is 3. The van der Waals surface area contributed by atoms with E-state index in [1.165, 1.54) is 11.8 Å². The van der Waals surface area contributed by atoms with Crippen molar-refractivity contribution >= 4 is 45.4 Å². The topological polar surface area (TPSA) is 92.8 Å². The number of aromatic nitrogens is 4. The second-order valence-electron chi connectivity index (χ2n) is 5.84. The zero-order valence-electron chi connectivity index (χ0n) is 14.6. The summed E-state index contributed by atoms with van der Waals surface area (Å²) in [5, 5.41) is 12.8. The molecule has 0 radical (unpaired) electrons. The number of benzene rings is 2. The molecule has 0 aliphatic carbocycles. The number of methoxy groups -OCH3 is 1. The van der Waals surface area contributed by atoms with E-state index in [0.717, 1.165) is 16.4 Å². The minimum Gasteiger partial charge on any atom is -0.497 e. The van der Waals surface area contributed by atoms with Crippen molar-refractivity contribution in [2.75, 3.05) is 18.2 Å². The predicted octanol–water partition coefficient (Wildman–Crippen LogP) is 3.64. The molecule has 0 aliphatic heterocycles. The summed E-state index contributed by atoms with van der Waals surface area (Å²) in [4.78, 5) is 19.8. The lowest BCUT2D eigenvalue weighted by atomic mass is 10.2. The van der Waals surface area contributed by atoms with Gasteiger partial charge in [-0.15, -0.1) is 10.2 Å². The van der Waals surface area contributed by atoms with Gasteiger partial charge in [0.2, 0.25) is 11.1 Å². The van der Waals surface area contributed by atoms with Gasteiger partial charge in [0.15, 0.2) is 5.65 Å². The maximum absolute atomic E-state index is 12.1. The van der Waals surface area contributed by atoms with Crippen LogP contribution in [0.15, 0.2) is 53.7 Å². The van der Waals surface area contributed by atoms with E-state index in [4.69, 9.17) is 4.74 Å². The summed E-state index contributed by atoms with van der Waals surface area (Å²) in [5.41, 5.74) is 3.15. The van der Waals surface area contributed by atoms with E-state index in [9.17, 15) is 4.79 Å². The molecule has 0 aliphatic rings. The monoisotopic (exact) mass is 379 g/mol. The zero-order chi connectivity index (χ0) is 18.6. The lowest BCUT2D eigenvalue weighted by Crippen LogP contribution is -2.12. The molecule has 2 N–H and O–H groups in total. The van der Waals surface area contributed by atoms with Gasteiger partial charge >= 0.3 is 0 Å². The Balaban J connectivity index is 1.37. The molecule has 0 saturated carbocycles. The molecule has 136 valence electrons. The molecule has 2 aromatic heterocycles. The first-order valence-electron chi connectivity index (χ1n) is 8.41. The summed E-state index contributed by atoms with van der Waals surface area (Å²) in [5.74, 6) is 1.19. The van der Waals surface area contributed by atoms with Gasteiger partial charge in [-0.05, 0) is 18.2 Å². The number of hydrogen-bond acceptors (Lipinski definition) is 6. The van der Waals surface area contributed by atoms with E-state index in [0.29, 0.717) is 34.4 Å². The number of H-pyrrole nitrogens is 1. The van der Waals surface area contributed by atoms with Crippen molar-refractivity contribution in [2.45, 2.75) is 11.6 Å². The lowest BCUT2D eigenvalue weighted by Gasteiger charge is -2.06. The van der Waals surface area contributed by atoms with E-state index in [2.05, 4.69) is 25.5 Å². The minimum atomic E-state index is -0.0737. The van der Waals surface area contributed by atoms with Crippen LogP contribution in [0.4, 0.5) is 5.69 Å². The van der Waals surface area contributed by atoms with Crippen LogP contribution in [-0.2, 0) is 4.79 Å². The quantitative estimate of drug-likeness (QED) is 0.497. The number of nitrogens with zero attached hydrogens (tertiary/aromatic N) is 3. The molecule has 2 heterocycles. The van der Waals surface area contributed by atoms with E-state index in [1.807, 2.05) is 42.5 Å². The number of para-hydroxylation sites is 1. The fourth-order valence-corrected chi connectivity index (χ4v) is 3.45. The zero-order valence-corrected chi connectivity index (χ0v) is 15.4. The summed E-state index contributed by atoms with van der Waals surface area (Å²) in [6.07, 6.45) is 0.343. The predicted molar refractivity (Wildman–Crippen MR) is 106 cm³/mol. The van der Waals surface area contributed by atoms with E-state index in [1.54, 1.807) is 13.2 Å². The number of carbonyl (C=O) groups excluding carboxylic acids is 1. The number of aromatic amines is 1. The molecule has 0 fully saturated rings. The fourth-order valence-electron chi connectivity index (χ4n) is 2.73. The molecule has 0 saturated heterocycles. The molecular formula is C19H17N5O2S. The third-order valence-corrected chi connectivity index (χ3v) is 4.86. The van der Waals surface area contributed by atoms with Gasteiger partial charge < -0.3 is 15.0 Å². The summed E-state index contributed by atoms with van der Waals surface area (Å²) < 4.78 is 5.15. The van der Waals surface area contributed by atoms with Crippen molar-refractivity contribution in [2.24, 2.45) is 0 Å². The summed E-state index contributed by atoms with van der Waals surface area (Å²) in [7, 11) is 1.59. The normalized spacial score (nSPS) is 11.0. The number of rotatable bonds is 6. The Bertz CT molecular complexity index is 1110. The first-order valence-corrected chi connectivity index (χ1v) is 9.39. The van der Waals surface area contributed by atoms with E-state index < -0.39 is 0 Å². The number of hydrogen-bond donors (Lipinski definition) is 2. The molecule has 0 atom stereocenters. The van der Waals surface area contributed by atoms with Crippen LogP contribution in [0.5, 0.6) is 5.75 Å². The summed E-state index contributed by atoms with van der Waals surface area (Å²) in [6.45, 7) is 0. The number of ether oxygens (including phenoxy) is 1. The van der Waals surface area contributed by atoms with Crippen molar-refractivity contribution < 1.29 is 9.53 Å². The Morgan fingerprint density at radius 3 is 2.96 bits per heavy atom. The fraction of sp³-hybridized carbons (Fsp3) is 0.158. The van der Waals surface area contributed by atoms with Crippen LogP contribution in [0.3, 0.4) is 0 Å². The number of nitrogens with one attached hydrogen (secondary N) is 2. The van der Waals surface area contributed by atoms with Gasteiger partial charge in [-0.25, -0.2) is 4.98 Å². The molecule has 2 aromatic carbocycles. The maximum Gasteiger partial charge on any atom is 0.225 e. The Morgan fingerprint density at radius 2 is 2.07 bits per heavy atom. The van der Waals surface area contributed by atoms with Crippen LogP contribution in [-0.4, -0.2) is 38.9 Å². The third kappa shape index (κ3) is 3.85. The molecule has 0 unspecified atom stereocenters. The van der Waals surface area contributed by atoms with Crippen molar-refractivity contribution in [3.63, 3.8) is 0 Å². The smallest absolute Gasteiger partial charge is 0.225 e. The van der Waals surface area contributed by atoms with Gasteiger partial charge in [0.05, 0.1) is 7.11 Å². The Morgan fingerprint density at radius 1 is 1.19 bits per heavy atom. The number of thioether (sulfide) groups is 1. The molecule has 8 heteroatoms. The minimum absolute atomic E-state index is 0.0737. The molecule has 4 rings (SSSR count). The van der Waals surface area contributed by atoms with Crippen LogP contribution in [0.2, 0.25) is 0 Å². The average Bonchev–Trinajstić information content (AvgIpc) is 3.06. The lowest BCUT2D eigenvalue weighted by molar-refractivity contribution is -0.115. The third-order valence-electron chi connectivity index (χ3n) is 4.02. The SMILES string of the molecule is COc1cccc(NC(=O)CCSc2nnc3c(n2)[nH]c2ccccc23)c1. The van der Waals surface area contributed by atoms with E-state index >= 15 is 0 Å². The molecule has 0 bridgehead atoms. The first kappa shape index (κ1) is 17.3. The van der Waals surface area contributed by atoms with Crippen LogP contribution in [0, 0.1) is 0 Å². The highest BCUT2D eigenvalue weighted by atomic mass is 32.2. The highest BCUT2D eigenvalue weighted by Crippen LogP contribution is 2.23. The van der Waals surface area contributed by atoms with Gasteiger partial charge in [-0.1, -0.05) is 36.0 Å².